The molecule has 0 heterocycles. The van der Waals surface area contributed by atoms with E-state index in [1.165, 1.54) is 6.07 Å². The summed E-state index contributed by atoms with van der Waals surface area (Å²) in [6.07, 6.45) is 0.499. The summed E-state index contributed by atoms with van der Waals surface area (Å²) < 4.78 is 52.5. The Balaban J connectivity index is 2.81. The number of ether oxygens (including phenoxy) is 1. The van der Waals surface area contributed by atoms with Crippen LogP contribution < -0.4 is 4.74 Å². The molecule has 0 unspecified atom stereocenters. The highest BCUT2D eigenvalue weighted by Crippen LogP contribution is 2.22. The number of hydrogen-bond acceptors (Lipinski definition) is 1. The molecule has 15 heavy (non-hydrogen) atoms. The van der Waals surface area contributed by atoms with Crippen molar-refractivity contribution < 1.29 is 22.3 Å². The lowest BCUT2D eigenvalue weighted by molar-refractivity contribution is -0.153. The zero-order chi connectivity index (χ0) is 11.5. The van der Waals surface area contributed by atoms with Crippen molar-refractivity contribution in [3.05, 3.63) is 29.6 Å². The summed E-state index contributed by atoms with van der Waals surface area (Å²) >= 11 is 0. The Hall–Kier alpha value is -1.70. The Morgan fingerprint density at radius 2 is 2.00 bits per heavy atom. The van der Waals surface area contributed by atoms with Gasteiger partial charge in [-0.25, -0.2) is 4.39 Å². The van der Waals surface area contributed by atoms with Crippen LogP contribution in [0.2, 0.25) is 0 Å². The van der Waals surface area contributed by atoms with Crippen LogP contribution >= 0.6 is 0 Å². The molecule has 5 heteroatoms. The highest BCUT2D eigenvalue weighted by molar-refractivity contribution is 5.39. The minimum atomic E-state index is -4.50. The predicted octanol–water partition coefficient (Wildman–Crippen LogP) is 2.75. The van der Waals surface area contributed by atoms with Crippen molar-refractivity contribution in [2.24, 2.45) is 0 Å². The first-order valence-electron chi connectivity index (χ1n) is 3.88. The van der Waals surface area contributed by atoms with Gasteiger partial charge < -0.3 is 4.74 Å². The van der Waals surface area contributed by atoms with Crippen molar-refractivity contribution in [3.63, 3.8) is 0 Å². The third-order valence-corrected chi connectivity index (χ3v) is 1.49. The molecule has 0 aromatic heterocycles. The van der Waals surface area contributed by atoms with Crippen molar-refractivity contribution in [2.45, 2.75) is 6.18 Å². The summed E-state index contributed by atoms with van der Waals surface area (Å²) in [5.41, 5.74) is 0.258. The summed E-state index contributed by atoms with van der Waals surface area (Å²) in [5, 5.41) is 0. The highest BCUT2D eigenvalue weighted by atomic mass is 19.4. The van der Waals surface area contributed by atoms with Crippen molar-refractivity contribution in [3.8, 4) is 18.1 Å². The molecule has 0 aliphatic carbocycles. The van der Waals surface area contributed by atoms with Gasteiger partial charge in [-0.1, -0.05) is 5.92 Å². The van der Waals surface area contributed by atoms with Gasteiger partial charge in [0.25, 0.3) is 0 Å². The smallest absolute Gasteiger partial charge is 0.422 e. The van der Waals surface area contributed by atoms with E-state index in [0.29, 0.717) is 0 Å². The monoisotopic (exact) mass is 218 g/mol. The maximum Gasteiger partial charge on any atom is 0.422 e. The molecule has 0 saturated heterocycles. The van der Waals surface area contributed by atoms with Crippen molar-refractivity contribution in [1.29, 1.82) is 0 Å². The SMILES string of the molecule is C#Cc1ccc(F)c(OCC(F)(F)F)c1. The number of terminal acetylenes is 1. The average molecular weight is 218 g/mol. The van der Waals surface area contributed by atoms with Crippen LogP contribution in [0.5, 0.6) is 5.75 Å². The molecule has 0 saturated carbocycles. The van der Waals surface area contributed by atoms with Gasteiger partial charge in [-0.2, -0.15) is 13.2 Å². The minimum Gasteiger partial charge on any atom is -0.481 e. The Morgan fingerprint density at radius 1 is 1.33 bits per heavy atom. The second kappa shape index (κ2) is 4.22. The minimum absolute atomic E-state index is 0.258. The van der Waals surface area contributed by atoms with Gasteiger partial charge in [-0.3, -0.25) is 0 Å². The molecule has 0 aliphatic heterocycles. The van der Waals surface area contributed by atoms with E-state index < -0.39 is 24.3 Å². The highest BCUT2D eigenvalue weighted by Gasteiger charge is 2.28. The van der Waals surface area contributed by atoms with E-state index in [4.69, 9.17) is 6.42 Å². The molecule has 1 aromatic carbocycles. The van der Waals surface area contributed by atoms with Crippen LogP contribution in [-0.2, 0) is 0 Å². The zero-order valence-electron chi connectivity index (χ0n) is 7.44. The molecule has 0 fully saturated rings. The van der Waals surface area contributed by atoms with Crippen LogP contribution in [0.15, 0.2) is 18.2 Å². The van der Waals surface area contributed by atoms with E-state index in [-0.39, 0.29) is 5.56 Å². The summed E-state index contributed by atoms with van der Waals surface area (Å²) in [4.78, 5) is 0. The summed E-state index contributed by atoms with van der Waals surface area (Å²) in [6.45, 7) is -1.54. The fourth-order valence-corrected chi connectivity index (χ4v) is 0.863. The fourth-order valence-electron chi connectivity index (χ4n) is 0.863. The molecule has 0 amide bonds. The normalized spacial score (nSPS) is 10.9. The lowest BCUT2D eigenvalue weighted by Gasteiger charge is -2.09. The molecule has 0 atom stereocenters. The summed E-state index contributed by atoms with van der Waals surface area (Å²) in [5.74, 6) is 0.790. The van der Waals surface area contributed by atoms with Crippen LogP contribution in [0.3, 0.4) is 0 Å². The Morgan fingerprint density at radius 3 is 2.53 bits per heavy atom. The van der Waals surface area contributed by atoms with Crippen LogP contribution in [0.25, 0.3) is 0 Å². The second-order valence-corrected chi connectivity index (χ2v) is 2.69. The lowest BCUT2D eigenvalue weighted by Crippen LogP contribution is -2.19. The Labute approximate surface area is 83.7 Å². The molecule has 0 radical (unpaired) electrons. The van der Waals surface area contributed by atoms with Crippen LogP contribution in [0.4, 0.5) is 17.6 Å². The van der Waals surface area contributed by atoms with E-state index in [1.807, 2.05) is 0 Å². The Kier molecular flexibility index (Phi) is 3.20. The Bertz CT molecular complexity index is 389. The third-order valence-electron chi connectivity index (χ3n) is 1.49. The maximum absolute atomic E-state index is 12.9. The van der Waals surface area contributed by atoms with Crippen LogP contribution in [0.1, 0.15) is 5.56 Å². The van der Waals surface area contributed by atoms with Gasteiger partial charge in [0.15, 0.2) is 18.2 Å². The zero-order valence-corrected chi connectivity index (χ0v) is 7.44. The molecule has 1 aromatic rings. The maximum atomic E-state index is 12.9. The molecule has 0 N–H and O–H groups in total. The first-order valence-corrected chi connectivity index (χ1v) is 3.88. The number of rotatable bonds is 2. The van der Waals surface area contributed by atoms with E-state index in [2.05, 4.69) is 10.7 Å². The van der Waals surface area contributed by atoms with Gasteiger partial charge in [-0.15, -0.1) is 6.42 Å². The number of halogens is 4. The van der Waals surface area contributed by atoms with E-state index in [1.54, 1.807) is 0 Å². The predicted molar refractivity (Wildman–Crippen MR) is 45.9 cm³/mol. The average Bonchev–Trinajstić information content (AvgIpc) is 2.15. The standard InChI is InChI=1S/C10H6F4O/c1-2-7-3-4-8(11)9(5-7)15-6-10(12,13)14/h1,3-5H,6H2. The number of benzene rings is 1. The number of hydrogen-bond donors (Lipinski definition) is 0. The van der Waals surface area contributed by atoms with Gasteiger partial charge in [0.1, 0.15) is 0 Å². The van der Waals surface area contributed by atoms with E-state index in [0.717, 1.165) is 12.1 Å². The van der Waals surface area contributed by atoms with Gasteiger partial charge in [0, 0.05) is 5.56 Å². The van der Waals surface area contributed by atoms with Crippen LogP contribution in [0, 0.1) is 18.2 Å². The molecule has 0 spiro atoms. The summed E-state index contributed by atoms with van der Waals surface area (Å²) in [7, 11) is 0. The topological polar surface area (TPSA) is 9.23 Å². The van der Waals surface area contributed by atoms with Gasteiger partial charge in [0.05, 0.1) is 0 Å². The van der Waals surface area contributed by atoms with Gasteiger partial charge >= 0.3 is 6.18 Å². The van der Waals surface area contributed by atoms with Crippen molar-refractivity contribution in [2.75, 3.05) is 6.61 Å². The van der Waals surface area contributed by atoms with E-state index >= 15 is 0 Å². The van der Waals surface area contributed by atoms with Gasteiger partial charge in [0.2, 0.25) is 0 Å². The molecular formula is C10H6F4O. The molecule has 1 nitrogen and oxygen atoms in total. The molecule has 1 rings (SSSR count). The van der Waals surface area contributed by atoms with E-state index in [9.17, 15) is 17.6 Å². The first kappa shape index (κ1) is 11.4. The quantitative estimate of drug-likeness (QED) is 0.547. The lowest BCUT2D eigenvalue weighted by atomic mass is 10.2. The third kappa shape index (κ3) is 3.50. The molecule has 80 valence electrons. The van der Waals surface area contributed by atoms with Crippen LogP contribution in [-0.4, -0.2) is 12.8 Å². The van der Waals surface area contributed by atoms with Crippen molar-refractivity contribution >= 4 is 0 Å². The molecule has 0 bridgehead atoms. The summed E-state index contributed by atoms with van der Waals surface area (Å²) in [6, 6.07) is 3.28. The van der Waals surface area contributed by atoms with Gasteiger partial charge in [-0.05, 0) is 18.2 Å². The largest absolute Gasteiger partial charge is 0.481 e. The molecular weight excluding hydrogens is 212 g/mol. The second-order valence-electron chi connectivity index (χ2n) is 2.69. The van der Waals surface area contributed by atoms with Crippen molar-refractivity contribution in [1.82, 2.24) is 0 Å². The fraction of sp³-hybridized carbons (Fsp3) is 0.200. The number of alkyl halides is 3. The molecule has 0 aliphatic rings. The first-order chi connectivity index (χ1) is 6.92.